The molecule has 3 rings (SSSR count). The maximum Gasteiger partial charge on any atom is 0.337 e. The molecule has 0 spiro atoms. The van der Waals surface area contributed by atoms with E-state index in [-0.39, 0.29) is 26.2 Å². The first-order valence-corrected chi connectivity index (χ1v) is 8.74. The minimum absolute atomic E-state index is 0.0471. The second-order valence-electron chi connectivity index (χ2n) is 6.88. The van der Waals surface area contributed by atoms with Crippen LogP contribution in [0.15, 0.2) is 24.4 Å². The Balaban J connectivity index is 2.45. The molecular weight excluding hydrogens is 402 g/mol. The maximum atomic E-state index is 13.9. The van der Waals surface area contributed by atoms with Crippen LogP contribution in [0.2, 0.25) is 15.1 Å². The molecule has 3 aromatic rings. The molecular formula is C18H14Cl3FN2O2. The molecule has 0 atom stereocenters. The average molecular weight is 416 g/mol. The molecule has 4 nitrogen and oxygen atoms in total. The summed E-state index contributed by atoms with van der Waals surface area (Å²) < 4.78 is 15.3. The number of aromatic carboxylic acids is 1. The van der Waals surface area contributed by atoms with Crippen LogP contribution >= 0.6 is 34.8 Å². The maximum absolute atomic E-state index is 13.9. The summed E-state index contributed by atoms with van der Waals surface area (Å²) in [4.78, 5) is 11.6. The summed E-state index contributed by atoms with van der Waals surface area (Å²) >= 11 is 18.6. The quantitative estimate of drug-likeness (QED) is 0.515. The number of hydrogen-bond donors (Lipinski definition) is 1. The lowest BCUT2D eigenvalue weighted by molar-refractivity contribution is 0.0693. The van der Waals surface area contributed by atoms with E-state index in [9.17, 15) is 14.3 Å². The van der Waals surface area contributed by atoms with E-state index in [0.29, 0.717) is 16.8 Å². The van der Waals surface area contributed by atoms with Crippen molar-refractivity contribution in [1.29, 1.82) is 0 Å². The molecule has 0 unspecified atom stereocenters. The minimum Gasteiger partial charge on any atom is -0.478 e. The Morgan fingerprint density at radius 2 is 1.81 bits per heavy atom. The summed E-state index contributed by atoms with van der Waals surface area (Å²) in [5.74, 6) is -1.66. The van der Waals surface area contributed by atoms with Gasteiger partial charge in [-0.05, 0) is 29.2 Å². The molecule has 0 aliphatic rings. The molecule has 0 fully saturated rings. The Labute approximate surface area is 164 Å². The monoisotopic (exact) mass is 414 g/mol. The fraction of sp³-hybridized carbons (Fsp3) is 0.222. The second-order valence-corrected chi connectivity index (χ2v) is 8.07. The van der Waals surface area contributed by atoms with Gasteiger partial charge in [0, 0.05) is 5.56 Å². The van der Waals surface area contributed by atoms with Crippen LogP contribution in [-0.4, -0.2) is 20.7 Å². The average Bonchev–Trinajstić information content (AvgIpc) is 2.84. The van der Waals surface area contributed by atoms with Crippen LogP contribution in [0.1, 0.15) is 36.7 Å². The fourth-order valence-electron chi connectivity index (χ4n) is 3.01. The van der Waals surface area contributed by atoms with Crippen molar-refractivity contribution in [2.75, 3.05) is 0 Å². The predicted molar refractivity (Wildman–Crippen MR) is 101 cm³/mol. The first kappa shape index (κ1) is 19.0. The van der Waals surface area contributed by atoms with E-state index < -0.39 is 17.2 Å². The van der Waals surface area contributed by atoms with Gasteiger partial charge in [0.2, 0.25) is 0 Å². The molecule has 0 bridgehead atoms. The number of fused-ring (bicyclic) bond motifs is 1. The second kappa shape index (κ2) is 6.41. The first-order valence-electron chi connectivity index (χ1n) is 7.61. The van der Waals surface area contributed by atoms with Crippen molar-refractivity contribution in [2.24, 2.45) is 0 Å². The Morgan fingerprint density at radius 1 is 1.15 bits per heavy atom. The minimum atomic E-state index is -1.09. The van der Waals surface area contributed by atoms with E-state index in [1.807, 2.05) is 20.8 Å². The molecule has 1 N–H and O–H groups in total. The molecule has 0 radical (unpaired) electrons. The van der Waals surface area contributed by atoms with Gasteiger partial charge in [0.05, 0.1) is 38.0 Å². The third kappa shape index (κ3) is 3.04. The zero-order valence-electron chi connectivity index (χ0n) is 14.1. The van der Waals surface area contributed by atoms with Crippen molar-refractivity contribution in [3.05, 3.63) is 56.4 Å². The van der Waals surface area contributed by atoms with Gasteiger partial charge in [0.1, 0.15) is 5.82 Å². The summed E-state index contributed by atoms with van der Waals surface area (Å²) in [6.07, 6.45) is 1.25. The highest BCUT2D eigenvalue weighted by atomic mass is 35.5. The van der Waals surface area contributed by atoms with Gasteiger partial charge in [0.25, 0.3) is 0 Å². The van der Waals surface area contributed by atoms with Crippen LogP contribution < -0.4 is 0 Å². The summed E-state index contributed by atoms with van der Waals surface area (Å²) in [7, 11) is 0. The van der Waals surface area contributed by atoms with Crippen LogP contribution in [0.25, 0.3) is 16.8 Å². The van der Waals surface area contributed by atoms with E-state index >= 15 is 0 Å². The number of hydrogen-bond acceptors (Lipinski definition) is 2. The molecule has 8 heteroatoms. The van der Waals surface area contributed by atoms with Gasteiger partial charge in [-0.3, -0.25) is 0 Å². The predicted octanol–water partition coefficient (Wildman–Crippen LogP) is 6.10. The number of benzene rings is 1. The zero-order chi connectivity index (χ0) is 19.4. The van der Waals surface area contributed by atoms with Gasteiger partial charge < -0.3 is 5.11 Å². The van der Waals surface area contributed by atoms with Gasteiger partial charge in [-0.1, -0.05) is 55.6 Å². The lowest BCUT2D eigenvalue weighted by atomic mass is 9.84. The number of carboxylic acids is 1. The molecule has 0 saturated carbocycles. The Hall–Kier alpha value is -1.82. The number of aromatic nitrogens is 2. The Kier molecular flexibility index (Phi) is 4.67. The van der Waals surface area contributed by atoms with Crippen LogP contribution in [0.3, 0.4) is 0 Å². The molecule has 26 heavy (non-hydrogen) atoms. The lowest BCUT2D eigenvalue weighted by Crippen LogP contribution is -2.19. The molecule has 0 saturated heterocycles. The summed E-state index contributed by atoms with van der Waals surface area (Å²) in [6.45, 7) is 5.67. The van der Waals surface area contributed by atoms with Crippen LogP contribution in [0, 0.1) is 5.82 Å². The third-order valence-electron chi connectivity index (χ3n) is 3.99. The van der Waals surface area contributed by atoms with Gasteiger partial charge in [0.15, 0.2) is 0 Å². The summed E-state index contributed by atoms with van der Waals surface area (Å²) in [6, 6.07) is 3.92. The standard InChI is InChI=1S/C18H14Cl3FN2O2/c1-18(2,3)14-10(17(25)26)7-23-24-13(14)6-12(20)16(24)9-4-8(22)5-11(19)15(9)21/h4-7H,1-3H3,(H,25,26). The molecule has 136 valence electrons. The largest absolute Gasteiger partial charge is 0.478 e. The summed E-state index contributed by atoms with van der Waals surface area (Å²) in [5.41, 5.74) is 1.27. The Bertz CT molecular complexity index is 1050. The molecule has 1 aromatic carbocycles. The fourth-order valence-corrected chi connectivity index (χ4v) is 3.70. The van der Waals surface area contributed by atoms with E-state index in [0.717, 1.165) is 6.07 Å². The highest BCUT2D eigenvalue weighted by Gasteiger charge is 2.28. The topological polar surface area (TPSA) is 54.6 Å². The molecule has 0 aliphatic heterocycles. The molecule has 2 heterocycles. The highest BCUT2D eigenvalue weighted by molar-refractivity contribution is 6.44. The van der Waals surface area contributed by atoms with Crippen molar-refractivity contribution in [2.45, 2.75) is 26.2 Å². The smallest absolute Gasteiger partial charge is 0.337 e. The Morgan fingerprint density at radius 3 is 2.38 bits per heavy atom. The van der Waals surface area contributed by atoms with Gasteiger partial charge in [-0.2, -0.15) is 5.10 Å². The molecule has 0 aliphatic carbocycles. The van der Waals surface area contributed by atoms with Crippen molar-refractivity contribution in [3.63, 3.8) is 0 Å². The number of carboxylic acid groups (broad SMARTS) is 1. The first-order chi connectivity index (χ1) is 12.0. The number of rotatable bonds is 2. The van der Waals surface area contributed by atoms with Gasteiger partial charge in [-0.15, -0.1) is 0 Å². The number of carbonyl (C=O) groups is 1. The number of nitrogens with zero attached hydrogens (tertiary/aromatic N) is 2. The highest BCUT2D eigenvalue weighted by Crippen LogP contribution is 2.41. The number of halogens is 4. The summed E-state index contributed by atoms with van der Waals surface area (Å²) in [5, 5.41) is 14.2. The van der Waals surface area contributed by atoms with Crippen LogP contribution in [0.5, 0.6) is 0 Å². The third-order valence-corrected chi connectivity index (χ3v) is 5.08. The van der Waals surface area contributed by atoms with E-state index in [1.165, 1.54) is 16.8 Å². The molecule has 0 amide bonds. The lowest BCUT2D eigenvalue weighted by Gasteiger charge is -2.22. The zero-order valence-corrected chi connectivity index (χ0v) is 16.3. The molecule has 2 aromatic heterocycles. The van der Waals surface area contributed by atoms with Crippen molar-refractivity contribution in [3.8, 4) is 11.3 Å². The van der Waals surface area contributed by atoms with E-state index in [4.69, 9.17) is 34.8 Å². The van der Waals surface area contributed by atoms with Crippen LogP contribution in [-0.2, 0) is 5.41 Å². The van der Waals surface area contributed by atoms with Crippen LogP contribution in [0.4, 0.5) is 4.39 Å². The van der Waals surface area contributed by atoms with Crippen molar-refractivity contribution >= 4 is 46.3 Å². The van der Waals surface area contributed by atoms with Gasteiger partial charge in [-0.25, -0.2) is 13.7 Å². The SMILES string of the molecule is CC(C)(C)c1c(C(=O)O)cnn2c(-c3cc(F)cc(Cl)c3Cl)c(Cl)cc12. The van der Waals surface area contributed by atoms with Crippen molar-refractivity contribution < 1.29 is 14.3 Å². The normalized spacial score (nSPS) is 12.0. The van der Waals surface area contributed by atoms with E-state index in [2.05, 4.69) is 5.10 Å². The van der Waals surface area contributed by atoms with Gasteiger partial charge >= 0.3 is 5.97 Å². The van der Waals surface area contributed by atoms with E-state index in [1.54, 1.807) is 6.07 Å². The van der Waals surface area contributed by atoms with Crippen molar-refractivity contribution in [1.82, 2.24) is 9.61 Å².